The van der Waals surface area contributed by atoms with Crippen LogP contribution in [0.1, 0.15) is 5.01 Å². The van der Waals surface area contributed by atoms with Gasteiger partial charge in [-0.15, -0.1) is 11.3 Å². The van der Waals surface area contributed by atoms with Crippen LogP contribution in [0.25, 0.3) is 27.8 Å². The molecule has 0 amide bonds. The van der Waals surface area contributed by atoms with Gasteiger partial charge in [-0.3, -0.25) is 0 Å². The summed E-state index contributed by atoms with van der Waals surface area (Å²) in [6, 6.07) is 18.2. The number of nitrogens with zero attached hydrogens (tertiary/aromatic N) is 2. The molecular formula is C22H15N3O3S. The maximum atomic E-state index is 11.3. The normalized spacial score (nSPS) is 11.2. The van der Waals surface area contributed by atoms with Crippen LogP contribution in [0.3, 0.4) is 0 Å². The Labute approximate surface area is 170 Å². The molecule has 1 N–H and O–H groups in total. The maximum absolute atomic E-state index is 11.3. The predicted molar refractivity (Wildman–Crippen MR) is 114 cm³/mol. The Morgan fingerprint density at radius 2 is 2.03 bits per heavy atom. The van der Waals surface area contributed by atoms with E-state index in [9.17, 15) is 10.1 Å². The zero-order valence-corrected chi connectivity index (χ0v) is 16.2. The molecule has 0 bridgehead atoms. The number of nitriles is 1. The zero-order chi connectivity index (χ0) is 20.2. The summed E-state index contributed by atoms with van der Waals surface area (Å²) in [6.45, 7) is 0. The smallest absolute Gasteiger partial charge is 0.336 e. The number of aromatic nitrogens is 1. The van der Waals surface area contributed by atoms with Gasteiger partial charge in [0.2, 0.25) is 0 Å². The second kappa shape index (κ2) is 8.00. The minimum absolute atomic E-state index is 0.388. The first-order chi connectivity index (χ1) is 14.2. The molecule has 2 aromatic carbocycles. The third kappa shape index (κ3) is 4.03. The molecule has 0 atom stereocenters. The molecule has 0 radical (unpaired) electrons. The van der Waals surface area contributed by atoms with Crippen LogP contribution in [-0.2, 0) is 0 Å². The molecule has 7 heteroatoms. The van der Waals surface area contributed by atoms with Gasteiger partial charge in [0.15, 0.2) is 0 Å². The van der Waals surface area contributed by atoms with Crippen LogP contribution in [0.5, 0.6) is 5.75 Å². The largest absolute Gasteiger partial charge is 0.497 e. The minimum atomic E-state index is -0.388. The lowest BCUT2D eigenvalue weighted by atomic mass is 10.2. The SMILES string of the molecule is COc1ccc(-c2csc(C(C#N)=CNc3ccc4oc(=O)ccc4c3)n2)cc1. The van der Waals surface area contributed by atoms with Gasteiger partial charge in [0.25, 0.3) is 0 Å². The molecule has 0 saturated carbocycles. The fraction of sp³-hybridized carbons (Fsp3) is 0.0455. The van der Waals surface area contributed by atoms with Crippen molar-refractivity contribution in [3.8, 4) is 23.1 Å². The second-order valence-electron chi connectivity index (χ2n) is 6.09. The van der Waals surface area contributed by atoms with Crippen LogP contribution in [0.15, 0.2) is 75.4 Å². The fourth-order valence-corrected chi connectivity index (χ4v) is 3.55. The van der Waals surface area contributed by atoms with E-state index in [1.807, 2.05) is 35.7 Å². The summed E-state index contributed by atoms with van der Waals surface area (Å²) >= 11 is 1.40. The maximum Gasteiger partial charge on any atom is 0.336 e. The summed E-state index contributed by atoms with van der Waals surface area (Å²) in [6.07, 6.45) is 1.62. The quantitative estimate of drug-likeness (QED) is 0.378. The van der Waals surface area contributed by atoms with Crippen molar-refractivity contribution in [3.05, 3.63) is 81.6 Å². The Balaban J connectivity index is 1.56. The molecule has 142 valence electrons. The molecule has 0 saturated heterocycles. The van der Waals surface area contributed by atoms with E-state index in [1.165, 1.54) is 17.4 Å². The van der Waals surface area contributed by atoms with Crippen molar-refractivity contribution in [1.29, 1.82) is 5.26 Å². The van der Waals surface area contributed by atoms with Crippen molar-refractivity contribution in [2.24, 2.45) is 0 Å². The molecule has 0 aliphatic carbocycles. The van der Waals surface area contributed by atoms with Crippen LogP contribution >= 0.6 is 11.3 Å². The highest BCUT2D eigenvalue weighted by Crippen LogP contribution is 2.27. The lowest BCUT2D eigenvalue weighted by Gasteiger charge is -2.03. The Morgan fingerprint density at radius 1 is 1.21 bits per heavy atom. The van der Waals surface area contributed by atoms with Crippen molar-refractivity contribution in [1.82, 2.24) is 4.98 Å². The molecule has 29 heavy (non-hydrogen) atoms. The van der Waals surface area contributed by atoms with Gasteiger partial charge >= 0.3 is 5.63 Å². The van der Waals surface area contributed by atoms with Gasteiger partial charge < -0.3 is 14.5 Å². The van der Waals surface area contributed by atoms with Gasteiger partial charge in [-0.1, -0.05) is 0 Å². The van der Waals surface area contributed by atoms with E-state index >= 15 is 0 Å². The number of benzene rings is 2. The molecule has 4 rings (SSSR count). The average Bonchev–Trinajstić information content (AvgIpc) is 3.24. The molecule has 6 nitrogen and oxygen atoms in total. The summed E-state index contributed by atoms with van der Waals surface area (Å²) in [5, 5.41) is 16.0. The Kier molecular flexibility index (Phi) is 5.10. The average molecular weight is 401 g/mol. The van der Waals surface area contributed by atoms with Crippen LogP contribution in [0.4, 0.5) is 5.69 Å². The predicted octanol–water partition coefficient (Wildman–Crippen LogP) is 4.90. The second-order valence-corrected chi connectivity index (χ2v) is 6.95. The molecule has 4 aromatic rings. The van der Waals surface area contributed by atoms with Crippen LogP contribution in [0.2, 0.25) is 0 Å². The van der Waals surface area contributed by atoms with Gasteiger partial charge in [0, 0.05) is 34.3 Å². The van der Waals surface area contributed by atoms with Gasteiger partial charge in [0.1, 0.15) is 28.0 Å². The van der Waals surface area contributed by atoms with E-state index in [4.69, 9.17) is 9.15 Å². The van der Waals surface area contributed by atoms with E-state index < -0.39 is 0 Å². The third-order valence-electron chi connectivity index (χ3n) is 4.24. The number of rotatable bonds is 5. The molecule has 0 spiro atoms. The summed E-state index contributed by atoms with van der Waals surface area (Å²) in [7, 11) is 1.62. The van der Waals surface area contributed by atoms with Gasteiger partial charge in [-0.05, 0) is 48.5 Å². The number of hydrogen-bond donors (Lipinski definition) is 1. The van der Waals surface area contributed by atoms with E-state index in [-0.39, 0.29) is 5.63 Å². The standard InChI is InChI=1S/C22H15N3O3S/c1-27-18-6-2-14(3-7-18)19-13-29-22(25-19)16(11-23)12-24-17-5-8-20-15(10-17)4-9-21(26)28-20/h2-10,12-13,24H,1H3. The van der Waals surface area contributed by atoms with Gasteiger partial charge in [0.05, 0.1) is 12.8 Å². The first kappa shape index (κ1) is 18.5. The number of hydrogen-bond acceptors (Lipinski definition) is 7. The summed E-state index contributed by atoms with van der Waals surface area (Å²) in [4.78, 5) is 15.9. The Morgan fingerprint density at radius 3 is 2.79 bits per heavy atom. The Hall–Kier alpha value is -3.89. The molecule has 0 fully saturated rings. The summed E-state index contributed by atoms with van der Waals surface area (Å²) < 4.78 is 10.3. The topological polar surface area (TPSA) is 88.1 Å². The van der Waals surface area contributed by atoms with Crippen LogP contribution in [0, 0.1) is 11.3 Å². The molecule has 2 heterocycles. The fourth-order valence-electron chi connectivity index (χ4n) is 2.75. The summed E-state index contributed by atoms with van der Waals surface area (Å²) in [5.74, 6) is 0.778. The number of allylic oxidation sites excluding steroid dienone is 1. The van der Waals surface area contributed by atoms with Gasteiger partial charge in [-0.25, -0.2) is 9.78 Å². The number of nitrogens with one attached hydrogen (secondary N) is 1. The first-order valence-corrected chi connectivity index (χ1v) is 9.55. The van der Waals surface area contributed by atoms with E-state index in [0.717, 1.165) is 28.1 Å². The third-order valence-corrected chi connectivity index (χ3v) is 5.12. The lowest BCUT2D eigenvalue weighted by molar-refractivity contribution is 0.415. The lowest BCUT2D eigenvalue weighted by Crippen LogP contribution is -1.95. The van der Waals surface area contributed by atoms with Gasteiger partial charge in [-0.2, -0.15) is 5.26 Å². The van der Waals surface area contributed by atoms with E-state index in [2.05, 4.69) is 16.4 Å². The highest BCUT2D eigenvalue weighted by atomic mass is 32.1. The zero-order valence-electron chi connectivity index (χ0n) is 15.4. The van der Waals surface area contributed by atoms with Crippen molar-refractivity contribution >= 4 is 33.6 Å². The highest BCUT2D eigenvalue weighted by Gasteiger charge is 2.09. The van der Waals surface area contributed by atoms with E-state index in [1.54, 1.807) is 31.5 Å². The number of thiazole rings is 1. The van der Waals surface area contributed by atoms with Crippen molar-refractivity contribution < 1.29 is 9.15 Å². The highest BCUT2D eigenvalue weighted by molar-refractivity contribution is 7.11. The van der Waals surface area contributed by atoms with Crippen LogP contribution < -0.4 is 15.7 Å². The van der Waals surface area contributed by atoms with E-state index in [0.29, 0.717) is 16.2 Å². The number of anilines is 1. The molecule has 0 aliphatic heterocycles. The van der Waals surface area contributed by atoms with Crippen molar-refractivity contribution in [2.75, 3.05) is 12.4 Å². The summed E-state index contributed by atoms with van der Waals surface area (Å²) in [5.41, 5.74) is 3.07. The number of ether oxygens (including phenoxy) is 1. The molecule has 0 aliphatic rings. The number of fused-ring (bicyclic) bond motifs is 1. The van der Waals surface area contributed by atoms with Crippen molar-refractivity contribution in [3.63, 3.8) is 0 Å². The number of methoxy groups -OCH3 is 1. The van der Waals surface area contributed by atoms with Crippen LogP contribution in [-0.4, -0.2) is 12.1 Å². The Bertz CT molecular complexity index is 1300. The monoisotopic (exact) mass is 401 g/mol. The molecule has 2 aromatic heterocycles. The minimum Gasteiger partial charge on any atom is -0.497 e. The van der Waals surface area contributed by atoms with Crippen molar-refractivity contribution in [2.45, 2.75) is 0 Å². The molecular weight excluding hydrogens is 386 g/mol. The first-order valence-electron chi connectivity index (χ1n) is 8.67. The molecule has 0 unspecified atom stereocenters.